The summed E-state index contributed by atoms with van der Waals surface area (Å²) in [6.45, 7) is 0.850. The van der Waals surface area contributed by atoms with Gasteiger partial charge in [0.05, 0.1) is 11.4 Å². The van der Waals surface area contributed by atoms with Crippen LogP contribution in [0, 0.1) is 0 Å². The van der Waals surface area contributed by atoms with Gasteiger partial charge < -0.3 is 9.88 Å². The monoisotopic (exact) mass is 362 g/mol. The van der Waals surface area contributed by atoms with E-state index in [1.54, 1.807) is 0 Å². The second kappa shape index (κ2) is 7.24. The fourth-order valence-corrected chi connectivity index (χ4v) is 3.91. The maximum atomic E-state index is 3.58. The van der Waals surface area contributed by atoms with Crippen molar-refractivity contribution >= 4 is 12.3 Å². The molecule has 2 heterocycles. The van der Waals surface area contributed by atoms with Gasteiger partial charge in [0.15, 0.2) is 0 Å². The molecule has 5 rings (SSSR count). The fourth-order valence-electron chi connectivity index (χ4n) is 3.91. The molecule has 0 bridgehead atoms. The van der Waals surface area contributed by atoms with E-state index in [4.69, 9.17) is 0 Å². The molecule has 0 amide bonds. The highest BCUT2D eigenvalue weighted by Crippen LogP contribution is 2.20. The molecule has 0 saturated heterocycles. The molecule has 136 valence electrons. The van der Waals surface area contributed by atoms with Gasteiger partial charge in [0.1, 0.15) is 0 Å². The van der Waals surface area contributed by atoms with Gasteiger partial charge in [-0.25, -0.2) is 0 Å². The third-order valence-corrected chi connectivity index (χ3v) is 5.33. The van der Waals surface area contributed by atoms with Crippen LogP contribution >= 0.6 is 0 Å². The van der Waals surface area contributed by atoms with Gasteiger partial charge >= 0.3 is 0 Å². The van der Waals surface area contributed by atoms with Gasteiger partial charge in [-0.1, -0.05) is 91.0 Å². The van der Waals surface area contributed by atoms with Crippen LogP contribution in [0.25, 0.3) is 23.5 Å². The Morgan fingerprint density at radius 1 is 0.750 bits per heavy atom. The molecule has 0 radical (unpaired) electrons. The summed E-state index contributed by atoms with van der Waals surface area (Å²) in [6, 6.07) is 34.4. The molecule has 2 heteroatoms. The van der Waals surface area contributed by atoms with E-state index in [1.165, 1.54) is 33.0 Å². The van der Waals surface area contributed by atoms with Crippen LogP contribution in [0.5, 0.6) is 0 Å². The lowest BCUT2D eigenvalue weighted by atomic mass is 10.0. The van der Waals surface area contributed by atoms with Crippen LogP contribution in [0.15, 0.2) is 97.1 Å². The molecule has 1 aliphatic rings. The zero-order valence-corrected chi connectivity index (χ0v) is 15.6. The lowest BCUT2D eigenvalue weighted by Gasteiger charge is -2.17. The summed E-state index contributed by atoms with van der Waals surface area (Å²) in [5.74, 6) is 0. The first-order chi connectivity index (χ1) is 13.9. The van der Waals surface area contributed by atoms with Crippen LogP contribution in [-0.4, -0.2) is 4.57 Å². The van der Waals surface area contributed by atoms with E-state index in [-0.39, 0.29) is 6.04 Å². The minimum Gasteiger partial charge on any atom is -0.379 e. The highest BCUT2D eigenvalue weighted by atomic mass is 15.0. The molecule has 0 fully saturated rings. The molecule has 1 unspecified atom stereocenters. The maximum absolute atomic E-state index is 3.58. The predicted octanol–water partition coefficient (Wildman–Crippen LogP) is 4.07. The zero-order valence-electron chi connectivity index (χ0n) is 15.6. The summed E-state index contributed by atoms with van der Waals surface area (Å²) in [5.41, 5.74) is 5.07. The second-order valence-corrected chi connectivity index (χ2v) is 7.17. The Kier molecular flexibility index (Phi) is 4.30. The van der Waals surface area contributed by atoms with E-state index in [0.717, 1.165) is 6.54 Å². The van der Waals surface area contributed by atoms with Crippen LogP contribution in [0.3, 0.4) is 0 Å². The summed E-state index contributed by atoms with van der Waals surface area (Å²) in [4.78, 5) is 0. The first-order valence-electron chi connectivity index (χ1n) is 9.70. The average Bonchev–Trinajstić information content (AvgIpc) is 3.13. The van der Waals surface area contributed by atoms with Crippen molar-refractivity contribution in [2.24, 2.45) is 0 Å². The van der Waals surface area contributed by atoms with E-state index in [0.29, 0.717) is 0 Å². The van der Waals surface area contributed by atoms with E-state index >= 15 is 0 Å². The summed E-state index contributed by atoms with van der Waals surface area (Å²) in [6.07, 6.45) is 4.50. The largest absolute Gasteiger partial charge is 0.379 e. The third kappa shape index (κ3) is 3.14. The number of hydrogen-bond acceptors (Lipinski definition) is 1. The Morgan fingerprint density at radius 2 is 1.39 bits per heavy atom. The Hall–Kier alpha value is -3.52. The number of nitrogens with one attached hydrogen (secondary N) is 1. The quantitative estimate of drug-likeness (QED) is 0.579. The van der Waals surface area contributed by atoms with Crippen molar-refractivity contribution < 1.29 is 0 Å². The molecule has 4 aromatic rings. The maximum Gasteiger partial charge on any atom is 0.0702 e. The lowest BCUT2D eigenvalue weighted by molar-refractivity contribution is 0.755. The van der Waals surface area contributed by atoms with Gasteiger partial charge in [-0.15, -0.1) is 0 Å². The van der Waals surface area contributed by atoms with Crippen LogP contribution in [0.4, 0.5) is 0 Å². The summed E-state index contributed by atoms with van der Waals surface area (Å²) in [5, 5.41) is 6.09. The van der Waals surface area contributed by atoms with E-state index in [2.05, 4.69) is 119 Å². The number of benzene rings is 3. The van der Waals surface area contributed by atoms with Crippen LogP contribution < -0.4 is 15.9 Å². The summed E-state index contributed by atoms with van der Waals surface area (Å²) >= 11 is 0. The Balaban J connectivity index is 1.65. The minimum absolute atomic E-state index is 0.199. The molecule has 2 nitrogen and oxygen atoms in total. The van der Waals surface area contributed by atoms with Crippen molar-refractivity contribution in [1.29, 1.82) is 0 Å². The number of hydrogen-bond donors (Lipinski definition) is 1. The zero-order chi connectivity index (χ0) is 18.8. The molecule has 0 aliphatic carbocycles. The molecular weight excluding hydrogens is 340 g/mol. The Bertz CT molecular complexity index is 1190. The van der Waals surface area contributed by atoms with E-state index < -0.39 is 0 Å². The molecule has 1 N–H and O–H groups in total. The van der Waals surface area contributed by atoms with Crippen molar-refractivity contribution in [1.82, 2.24) is 9.88 Å². The third-order valence-electron chi connectivity index (χ3n) is 5.33. The minimum atomic E-state index is 0.199. The van der Waals surface area contributed by atoms with Crippen molar-refractivity contribution in [2.75, 3.05) is 0 Å². The molecule has 0 spiro atoms. The molecule has 1 aromatic heterocycles. The van der Waals surface area contributed by atoms with Gasteiger partial charge in [-0.05, 0) is 28.8 Å². The molecule has 28 heavy (non-hydrogen) atoms. The highest BCUT2D eigenvalue weighted by Gasteiger charge is 2.15. The molecule has 3 aromatic carbocycles. The van der Waals surface area contributed by atoms with Gasteiger partial charge in [-0.2, -0.15) is 0 Å². The summed E-state index contributed by atoms with van der Waals surface area (Å²) in [7, 11) is 0. The van der Waals surface area contributed by atoms with Gasteiger partial charge in [-0.3, -0.25) is 0 Å². The number of fused-ring (bicyclic) bond motifs is 1. The smallest absolute Gasteiger partial charge is 0.0702 e. The normalized spacial score (nSPS) is 15.1. The standard InChI is InChI=1S/C26H22N2/c1-4-10-20(11-5-1)19-28-25(22-14-8-3-9-15-22)17-23-16-24(27-18-26(23)28)21-12-6-2-7-13-21/h1-18,24,27H,19H2. The Morgan fingerprint density at radius 3 is 2.11 bits per heavy atom. The van der Waals surface area contributed by atoms with Gasteiger partial charge in [0.25, 0.3) is 0 Å². The van der Waals surface area contributed by atoms with E-state index in [1.807, 2.05) is 0 Å². The van der Waals surface area contributed by atoms with Crippen molar-refractivity contribution in [3.8, 4) is 11.3 Å². The first kappa shape index (κ1) is 16.6. The topological polar surface area (TPSA) is 17.0 Å². The van der Waals surface area contributed by atoms with Gasteiger partial charge in [0.2, 0.25) is 0 Å². The molecular formula is C26H22N2. The van der Waals surface area contributed by atoms with Crippen molar-refractivity contribution in [2.45, 2.75) is 12.6 Å². The highest BCUT2D eigenvalue weighted by molar-refractivity contribution is 5.62. The number of rotatable bonds is 4. The first-order valence-corrected chi connectivity index (χ1v) is 9.70. The molecule has 1 atom stereocenters. The number of nitrogens with zero attached hydrogens (tertiary/aromatic N) is 1. The lowest BCUT2D eigenvalue weighted by Crippen LogP contribution is -2.37. The Labute approximate surface area is 165 Å². The van der Waals surface area contributed by atoms with Crippen LogP contribution in [0.2, 0.25) is 0 Å². The van der Waals surface area contributed by atoms with Crippen LogP contribution in [0.1, 0.15) is 17.2 Å². The predicted molar refractivity (Wildman–Crippen MR) is 116 cm³/mol. The van der Waals surface area contributed by atoms with Crippen molar-refractivity contribution in [3.05, 3.63) is 119 Å². The molecule has 0 saturated carbocycles. The van der Waals surface area contributed by atoms with Crippen LogP contribution in [-0.2, 0) is 6.54 Å². The average molecular weight is 362 g/mol. The van der Waals surface area contributed by atoms with E-state index in [9.17, 15) is 0 Å². The SMILES string of the molecule is C1=c2cc(-c3ccccc3)n(Cc3ccccc3)c2=CNC1c1ccccc1. The second-order valence-electron chi connectivity index (χ2n) is 7.17. The fraction of sp³-hybridized carbons (Fsp3) is 0.0769. The summed E-state index contributed by atoms with van der Waals surface area (Å²) < 4.78 is 2.41. The van der Waals surface area contributed by atoms with Crippen molar-refractivity contribution in [3.63, 3.8) is 0 Å². The number of aromatic nitrogens is 1. The molecule has 1 aliphatic heterocycles. The van der Waals surface area contributed by atoms with Gasteiger partial charge in [0, 0.05) is 23.7 Å².